The van der Waals surface area contributed by atoms with E-state index in [0.29, 0.717) is 11.4 Å². The van der Waals surface area contributed by atoms with Crippen LogP contribution in [-0.4, -0.2) is 15.8 Å². The lowest BCUT2D eigenvalue weighted by molar-refractivity contribution is 0.0990. The molecule has 0 aliphatic heterocycles. The average molecular weight is 239 g/mol. The van der Waals surface area contributed by atoms with Crippen LogP contribution in [0.5, 0.6) is 0 Å². The molecule has 0 unspecified atom stereocenters. The number of aromatic nitrogens is 2. The molecule has 1 heterocycles. The first-order valence-corrected chi connectivity index (χ1v) is 5.01. The molecule has 82 valence electrons. The Balaban J connectivity index is 2.18. The van der Waals surface area contributed by atoms with Crippen LogP contribution in [0, 0.1) is 5.82 Å². The third-order valence-electron chi connectivity index (χ3n) is 2.12. The summed E-state index contributed by atoms with van der Waals surface area (Å²) in [6.07, 6.45) is 3.31. The number of ketones is 1. The summed E-state index contributed by atoms with van der Waals surface area (Å²) < 4.78 is 13.1. The molecule has 1 aromatic carbocycles. The largest absolute Gasteiger partial charge is 0.348 e. The molecular formula is C11H8ClFN2O. The third-order valence-corrected chi connectivity index (χ3v) is 2.43. The number of carbonyl (C=O) groups is 1. The molecule has 1 aromatic heterocycles. The maximum absolute atomic E-state index is 13.1. The van der Waals surface area contributed by atoms with Crippen LogP contribution < -0.4 is 0 Å². The van der Waals surface area contributed by atoms with Gasteiger partial charge in [0, 0.05) is 18.0 Å². The van der Waals surface area contributed by atoms with Gasteiger partial charge in [-0.1, -0.05) is 11.6 Å². The number of nitrogens with one attached hydrogen (secondary N) is 1. The molecule has 0 saturated heterocycles. The summed E-state index contributed by atoms with van der Waals surface area (Å²) in [7, 11) is 0. The van der Waals surface area contributed by atoms with Crippen molar-refractivity contribution >= 4 is 17.4 Å². The van der Waals surface area contributed by atoms with E-state index in [1.165, 1.54) is 12.1 Å². The van der Waals surface area contributed by atoms with Crippen molar-refractivity contribution in [1.82, 2.24) is 9.97 Å². The topological polar surface area (TPSA) is 45.8 Å². The monoisotopic (exact) mass is 238 g/mol. The van der Waals surface area contributed by atoms with Gasteiger partial charge in [0.1, 0.15) is 11.6 Å². The lowest BCUT2D eigenvalue weighted by Crippen LogP contribution is -2.05. The fourth-order valence-electron chi connectivity index (χ4n) is 1.32. The number of nitrogens with zero attached hydrogens (tertiary/aromatic N) is 1. The highest BCUT2D eigenvalue weighted by molar-refractivity contribution is 6.30. The molecule has 1 N–H and O–H groups in total. The van der Waals surface area contributed by atoms with E-state index >= 15 is 0 Å². The van der Waals surface area contributed by atoms with Crippen molar-refractivity contribution in [3.05, 3.63) is 52.8 Å². The van der Waals surface area contributed by atoms with E-state index in [1.807, 2.05) is 0 Å². The van der Waals surface area contributed by atoms with Gasteiger partial charge >= 0.3 is 0 Å². The van der Waals surface area contributed by atoms with Crippen LogP contribution in [0.3, 0.4) is 0 Å². The molecule has 0 atom stereocenters. The van der Waals surface area contributed by atoms with Gasteiger partial charge in [-0.25, -0.2) is 9.37 Å². The Bertz CT molecular complexity index is 511. The summed E-state index contributed by atoms with van der Waals surface area (Å²) in [5, 5.41) is 0.00884. The maximum Gasteiger partial charge on any atom is 0.170 e. The van der Waals surface area contributed by atoms with E-state index in [9.17, 15) is 9.18 Å². The van der Waals surface area contributed by atoms with Crippen LogP contribution in [0.15, 0.2) is 30.6 Å². The highest BCUT2D eigenvalue weighted by Gasteiger charge is 2.10. The molecule has 3 nitrogen and oxygen atoms in total. The van der Waals surface area contributed by atoms with Crippen molar-refractivity contribution in [2.24, 2.45) is 0 Å². The molecule has 16 heavy (non-hydrogen) atoms. The Labute approximate surface area is 96.3 Å². The van der Waals surface area contributed by atoms with E-state index in [1.54, 1.807) is 12.4 Å². The highest BCUT2D eigenvalue weighted by Crippen LogP contribution is 2.16. The predicted octanol–water partition coefficient (Wildman–Crippen LogP) is 2.63. The second-order valence-electron chi connectivity index (χ2n) is 3.26. The van der Waals surface area contributed by atoms with E-state index in [2.05, 4.69) is 9.97 Å². The van der Waals surface area contributed by atoms with Gasteiger partial charge in [-0.3, -0.25) is 4.79 Å². The number of Topliss-reactive ketones (excluding diaryl/α,β-unsaturated/α-hetero) is 1. The summed E-state index contributed by atoms with van der Waals surface area (Å²) in [5.74, 6) is -0.238. The smallest absolute Gasteiger partial charge is 0.170 e. The fraction of sp³-hybridized carbons (Fsp3) is 0.0909. The minimum Gasteiger partial charge on any atom is -0.348 e. The number of benzene rings is 1. The Morgan fingerprint density at radius 3 is 2.94 bits per heavy atom. The van der Waals surface area contributed by atoms with Crippen molar-refractivity contribution in [3.63, 3.8) is 0 Å². The zero-order valence-electron chi connectivity index (χ0n) is 8.21. The molecule has 0 aliphatic rings. The van der Waals surface area contributed by atoms with Gasteiger partial charge in [0.15, 0.2) is 5.78 Å². The molecule has 0 aliphatic carbocycles. The fourth-order valence-corrected chi connectivity index (χ4v) is 1.44. The minimum atomic E-state index is -0.591. The number of aromatic amines is 1. The second kappa shape index (κ2) is 4.45. The van der Waals surface area contributed by atoms with Crippen LogP contribution in [0.2, 0.25) is 5.02 Å². The normalized spacial score (nSPS) is 10.4. The molecule has 0 bridgehead atoms. The summed E-state index contributed by atoms with van der Waals surface area (Å²) in [4.78, 5) is 18.4. The number of halogens is 2. The van der Waals surface area contributed by atoms with Gasteiger partial charge in [0.05, 0.1) is 11.4 Å². The van der Waals surface area contributed by atoms with Gasteiger partial charge in [0.25, 0.3) is 0 Å². The highest BCUT2D eigenvalue weighted by atomic mass is 35.5. The molecule has 2 aromatic rings. The van der Waals surface area contributed by atoms with Gasteiger partial charge in [0.2, 0.25) is 0 Å². The van der Waals surface area contributed by atoms with Crippen molar-refractivity contribution in [2.75, 3.05) is 0 Å². The number of H-pyrrole nitrogens is 1. The maximum atomic E-state index is 13.1. The van der Waals surface area contributed by atoms with Crippen molar-refractivity contribution in [1.29, 1.82) is 0 Å². The first-order valence-electron chi connectivity index (χ1n) is 4.63. The number of rotatable bonds is 3. The van der Waals surface area contributed by atoms with Crippen molar-refractivity contribution in [2.45, 2.75) is 6.42 Å². The van der Waals surface area contributed by atoms with Crippen LogP contribution >= 0.6 is 11.6 Å². The average Bonchev–Trinajstić information content (AvgIpc) is 2.74. The Morgan fingerprint density at radius 1 is 1.50 bits per heavy atom. The molecule has 5 heteroatoms. The van der Waals surface area contributed by atoms with Crippen molar-refractivity contribution in [3.8, 4) is 0 Å². The van der Waals surface area contributed by atoms with Crippen molar-refractivity contribution < 1.29 is 9.18 Å². The lowest BCUT2D eigenvalue weighted by atomic mass is 10.1. The molecule has 0 radical (unpaired) electrons. The first-order chi connectivity index (χ1) is 7.66. The number of hydrogen-bond acceptors (Lipinski definition) is 2. The summed E-state index contributed by atoms with van der Waals surface area (Å²) in [6, 6.07) is 4.00. The van der Waals surface area contributed by atoms with Crippen LogP contribution in [0.4, 0.5) is 4.39 Å². The number of hydrogen-bond donors (Lipinski definition) is 1. The van der Waals surface area contributed by atoms with E-state index in [-0.39, 0.29) is 17.2 Å². The lowest BCUT2D eigenvalue weighted by Gasteiger charge is -2.00. The zero-order chi connectivity index (χ0) is 11.5. The summed E-state index contributed by atoms with van der Waals surface area (Å²) >= 11 is 5.52. The summed E-state index contributed by atoms with van der Waals surface area (Å²) in [6.45, 7) is 0. The Kier molecular flexibility index (Phi) is 3.01. The minimum absolute atomic E-state index is 0.00884. The SMILES string of the molecule is O=C(Cc1ncc[nH]1)c1ccc(Cl)c(F)c1. The van der Waals surface area contributed by atoms with Crippen LogP contribution in [0.1, 0.15) is 16.2 Å². The standard InChI is InChI=1S/C11H8ClFN2O/c12-8-2-1-7(5-9(8)13)10(16)6-11-14-3-4-15-11/h1-5H,6H2,(H,14,15). The first kappa shape index (κ1) is 10.8. The quantitative estimate of drug-likeness (QED) is 0.836. The van der Waals surface area contributed by atoms with Crippen LogP contribution in [0.25, 0.3) is 0 Å². The Hall–Kier alpha value is -1.68. The summed E-state index contributed by atoms with van der Waals surface area (Å²) in [5.41, 5.74) is 0.290. The molecule has 0 fully saturated rings. The second-order valence-corrected chi connectivity index (χ2v) is 3.67. The molecule has 0 saturated carbocycles. The number of carbonyl (C=O) groups excluding carboxylic acids is 1. The van der Waals surface area contributed by atoms with Gasteiger partial charge in [-0.2, -0.15) is 0 Å². The predicted molar refractivity (Wildman–Crippen MR) is 58.0 cm³/mol. The molecule has 0 spiro atoms. The van der Waals surface area contributed by atoms with Gasteiger partial charge in [-0.05, 0) is 18.2 Å². The van der Waals surface area contributed by atoms with E-state index in [0.717, 1.165) is 6.07 Å². The van der Waals surface area contributed by atoms with Crippen LogP contribution in [-0.2, 0) is 6.42 Å². The van der Waals surface area contributed by atoms with Gasteiger partial charge < -0.3 is 4.98 Å². The van der Waals surface area contributed by atoms with E-state index < -0.39 is 5.82 Å². The molecule has 0 amide bonds. The third kappa shape index (κ3) is 2.28. The number of imidazole rings is 1. The molecule has 2 rings (SSSR count). The Morgan fingerprint density at radius 2 is 2.31 bits per heavy atom. The van der Waals surface area contributed by atoms with E-state index in [4.69, 9.17) is 11.6 Å². The van der Waals surface area contributed by atoms with Gasteiger partial charge in [-0.15, -0.1) is 0 Å². The molecular weight excluding hydrogens is 231 g/mol. The zero-order valence-corrected chi connectivity index (χ0v) is 8.96.